The Labute approximate surface area is 212 Å². The van der Waals surface area contributed by atoms with Gasteiger partial charge in [-0.25, -0.2) is 9.79 Å². The van der Waals surface area contributed by atoms with Crippen molar-refractivity contribution < 1.29 is 14.3 Å². The molecule has 0 fully saturated rings. The number of ether oxygens (including phenoxy) is 2. The molecule has 36 heavy (non-hydrogen) atoms. The number of rotatable bonds is 5. The summed E-state index contributed by atoms with van der Waals surface area (Å²) >= 11 is 1.32. The minimum absolute atomic E-state index is 0.199. The number of carbonyl (C=O) groups is 1. The van der Waals surface area contributed by atoms with Gasteiger partial charge in [0.2, 0.25) is 0 Å². The molecule has 1 atom stereocenters. The summed E-state index contributed by atoms with van der Waals surface area (Å²) in [5.74, 6) is 0.213. The van der Waals surface area contributed by atoms with Crippen LogP contribution in [0.2, 0.25) is 0 Å². The van der Waals surface area contributed by atoms with Crippen molar-refractivity contribution in [2.24, 2.45) is 12.0 Å². The minimum atomic E-state index is -0.659. The number of hydrogen-bond donors (Lipinski definition) is 0. The number of aromatic nitrogens is 2. The lowest BCUT2D eigenvalue weighted by atomic mass is 9.96. The van der Waals surface area contributed by atoms with Crippen molar-refractivity contribution in [2.75, 3.05) is 7.11 Å². The highest BCUT2D eigenvalue weighted by Gasteiger charge is 2.33. The summed E-state index contributed by atoms with van der Waals surface area (Å²) in [5.41, 5.74) is 3.52. The van der Waals surface area contributed by atoms with E-state index in [1.807, 2.05) is 72.4 Å². The zero-order valence-electron chi connectivity index (χ0n) is 20.8. The number of esters is 1. The lowest BCUT2D eigenvalue weighted by Crippen LogP contribution is -2.40. The van der Waals surface area contributed by atoms with Crippen molar-refractivity contribution in [1.29, 1.82) is 0 Å². The topological polar surface area (TPSA) is 74.8 Å². The van der Waals surface area contributed by atoms with Crippen molar-refractivity contribution in [3.8, 4) is 5.75 Å². The largest absolute Gasteiger partial charge is 0.497 e. The van der Waals surface area contributed by atoms with Crippen LogP contribution < -0.4 is 19.6 Å². The standard InChI is InChI=1S/C28H27N3O4S/c1-16(2)35-27(33)24-17(3)29-28-31(25(24)18-10-12-20(34-5)13-11-18)26(32)23(36-28)14-19-15-30(4)22-9-7-6-8-21(19)22/h6-16,25H,1-5H3/b23-14-/t25-/m1/s1. The van der Waals surface area contributed by atoms with Crippen LogP contribution in [0.3, 0.4) is 0 Å². The van der Waals surface area contributed by atoms with Gasteiger partial charge in [-0.05, 0) is 50.6 Å². The van der Waals surface area contributed by atoms with Gasteiger partial charge in [-0.3, -0.25) is 9.36 Å². The van der Waals surface area contributed by atoms with Crippen LogP contribution in [0.25, 0.3) is 17.0 Å². The van der Waals surface area contributed by atoms with Gasteiger partial charge in [-0.2, -0.15) is 0 Å². The second kappa shape index (κ2) is 9.28. The Hall–Kier alpha value is -3.91. The Morgan fingerprint density at radius 2 is 1.86 bits per heavy atom. The smallest absolute Gasteiger partial charge is 0.338 e. The highest BCUT2D eigenvalue weighted by Crippen LogP contribution is 2.32. The maximum atomic E-state index is 13.8. The minimum Gasteiger partial charge on any atom is -0.497 e. The number of carbonyl (C=O) groups excluding carboxylic acids is 1. The highest BCUT2D eigenvalue weighted by atomic mass is 32.1. The molecule has 0 bridgehead atoms. The number of benzene rings is 2. The lowest BCUT2D eigenvalue weighted by Gasteiger charge is -2.25. The fourth-order valence-electron chi connectivity index (χ4n) is 4.59. The summed E-state index contributed by atoms with van der Waals surface area (Å²) in [4.78, 5) is 32.3. The van der Waals surface area contributed by atoms with Gasteiger partial charge in [-0.15, -0.1) is 0 Å². The summed E-state index contributed by atoms with van der Waals surface area (Å²) in [6.45, 7) is 5.39. The zero-order chi connectivity index (χ0) is 25.6. The molecule has 7 nitrogen and oxygen atoms in total. The van der Waals surface area contributed by atoms with E-state index >= 15 is 0 Å². The Morgan fingerprint density at radius 3 is 2.56 bits per heavy atom. The maximum Gasteiger partial charge on any atom is 0.338 e. The summed E-state index contributed by atoms with van der Waals surface area (Å²) in [6, 6.07) is 14.8. The molecule has 1 aliphatic rings. The summed E-state index contributed by atoms with van der Waals surface area (Å²) in [7, 11) is 3.59. The van der Waals surface area contributed by atoms with Crippen molar-refractivity contribution in [3.63, 3.8) is 0 Å². The monoisotopic (exact) mass is 501 g/mol. The fourth-order valence-corrected chi connectivity index (χ4v) is 5.63. The van der Waals surface area contributed by atoms with Crippen molar-refractivity contribution in [1.82, 2.24) is 9.13 Å². The molecule has 2 aromatic carbocycles. The molecule has 0 aliphatic carbocycles. The third kappa shape index (κ3) is 4.07. The number of methoxy groups -OCH3 is 1. The molecule has 4 aromatic rings. The predicted molar refractivity (Wildman–Crippen MR) is 141 cm³/mol. The first-order chi connectivity index (χ1) is 17.3. The highest BCUT2D eigenvalue weighted by molar-refractivity contribution is 7.07. The first-order valence-electron chi connectivity index (χ1n) is 11.7. The van der Waals surface area contributed by atoms with Gasteiger partial charge in [0.1, 0.15) is 5.75 Å². The van der Waals surface area contributed by atoms with E-state index in [-0.39, 0.29) is 11.7 Å². The Morgan fingerprint density at radius 1 is 1.14 bits per heavy atom. The van der Waals surface area contributed by atoms with E-state index in [0.717, 1.165) is 22.0 Å². The first-order valence-corrected chi connectivity index (χ1v) is 12.5. The van der Waals surface area contributed by atoms with Gasteiger partial charge in [0, 0.05) is 29.7 Å². The van der Waals surface area contributed by atoms with Crippen LogP contribution in [0, 0.1) is 0 Å². The van der Waals surface area contributed by atoms with Crippen LogP contribution in [0.1, 0.15) is 37.9 Å². The second-order valence-corrected chi connectivity index (χ2v) is 10.0. The van der Waals surface area contributed by atoms with Crippen molar-refractivity contribution in [2.45, 2.75) is 32.9 Å². The van der Waals surface area contributed by atoms with E-state index < -0.39 is 12.0 Å². The number of thiazole rings is 1. The van der Waals surface area contributed by atoms with Crippen LogP contribution in [-0.2, 0) is 16.6 Å². The van der Waals surface area contributed by atoms with Gasteiger partial charge < -0.3 is 14.0 Å². The zero-order valence-corrected chi connectivity index (χ0v) is 21.6. The number of para-hydroxylation sites is 1. The van der Waals surface area contributed by atoms with E-state index in [1.54, 1.807) is 32.4 Å². The SMILES string of the molecule is COc1ccc([C@@H]2C(C(=O)OC(C)C)=C(C)N=c3s/c(=C\c4cn(C)c5ccccc45)c(=O)n32)cc1. The molecule has 5 rings (SSSR count). The quantitative estimate of drug-likeness (QED) is 0.391. The Bertz CT molecular complexity index is 1690. The molecule has 0 saturated carbocycles. The molecule has 0 amide bonds. The van der Waals surface area contributed by atoms with E-state index in [0.29, 0.717) is 26.4 Å². The molecule has 1 aliphatic heterocycles. The van der Waals surface area contributed by atoms with Gasteiger partial charge in [0.05, 0.1) is 35.1 Å². The van der Waals surface area contributed by atoms with E-state index in [2.05, 4.69) is 4.99 Å². The van der Waals surface area contributed by atoms with Crippen molar-refractivity contribution >= 4 is 34.3 Å². The van der Waals surface area contributed by atoms with Crippen LogP contribution in [0.15, 0.2) is 75.8 Å². The molecule has 0 N–H and O–H groups in total. The van der Waals surface area contributed by atoms with E-state index in [4.69, 9.17) is 9.47 Å². The maximum absolute atomic E-state index is 13.8. The molecule has 2 aromatic heterocycles. The molecule has 3 heterocycles. The average molecular weight is 502 g/mol. The molecular formula is C28H27N3O4S. The van der Waals surface area contributed by atoms with E-state index in [9.17, 15) is 9.59 Å². The third-order valence-corrected chi connectivity index (χ3v) is 7.21. The van der Waals surface area contributed by atoms with Gasteiger partial charge in [-0.1, -0.05) is 41.7 Å². The number of allylic oxidation sites excluding steroid dienone is 1. The Kier molecular flexibility index (Phi) is 6.14. The van der Waals surface area contributed by atoms with Crippen LogP contribution in [0.4, 0.5) is 0 Å². The number of nitrogens with zero attached hydrogens (tertiary/aromatic N) is 3. The molecule has 0 spiro atoms. The van der Waals surface area contributed by atoms with Crippen LogP contribution >= 0.6 is 11.3 Å². The third-order valence-electron chi connectivity index (χ3n) is 6.23. The van der Waals surface area contributed by atoms with Gasteiger partial charge in [0.25, 0.3) is 5.56 Å². The van der Waals surface area contributed by atoms with E-state index in [1.165, 1.54) is 11.3 Å². The van der Waals surface area contributed by atoms with Crippen LogP contribution in [0.5, 0.6) is 5.75 Å². The predicted octanol–water partition coefficient (Wildman–Crippen LogP) is 3.69. The van der Waals surface area contributed by atoms with Gasteiger partial charge >= 0.3 is 5.97 Å². The van der Waals surface area contributed by atoms with Gasteiger partial charge in [0.15, 0.2) is 4.80 Å². The molecule has 0 radical (unpaired) electrons. The molecule has 184 valence electrons. The molecule has 8 heteroatoms. The number of fused-ring (bicyclic) bond motifs is 2. The second-order valence-electron chi connectivity index (χ2n) is 9.02. The lowest BCUT2D eigenvalue weighted by molar-refractivity contribution is -0.143. The normalized spacial score (nSPS) is 15.8. The van der Waals surface area contributed by atoms with Crippen LogP contribution in [-0.4, -0.2) is 28.3 Å². The summed E-state index contributed by atoms with van der Waals surface area (Å²) in [6.07, 6.45) is 3.62. The van der Waals surface area contributed by atoms with Crippen molar-refractivity contribution in [3.05, 3.63) is 96.8 Å². The molecule has 0 unspecified atom stereocenters. The fraction of sp³-hybridized carbons (Fsp3) is 0.250. The Balaban J connectivity index is 1.73. The average Bonchev–Trinajstić information content (AvgIpc) is 3.34. The molecular weight excluding hydrogens is 474 g/mol. The number of hydrogen-bond acceptors (Lipinski definition) is 6. The molecule has 0 saturated heterocycles. The number of aryl methyl sites for hydroxylation is 1. The summed E-state index contributed by atoms with van der Waals surface area (Å²) < 4.78 is 15.1. The first kappa shape index (κ1) is 23.8. The summed E-state index contributed by atoms with van der Waals surface area (Å²) in [5, 5.41) is 1.06.